The van der Waals surface area contributed by atoms with Gasteiger partial charge in [0.2, 0.25) is 5.91 Å². The molecule has 34 heavy (non-hydrogen) atoms. The van der Waals surface area contributed by atoms with Crippen molar-refractivity contribution in [2.45, 2.75) is 13.8 Å². The number of hydrogen-bond acceptors (Lipinski definition) is 4. The molecule has 0 radical (unpaired) electrons. The number of carbonyl (C=O) groups is 3. The Kier molecular flexibility index (Phi) is 6.43. The summed E-state index contributed by atoms with van der Waals surface area (Å²) in [5.41, 5.74) is 3.81. The molecule has 1 heterocycles. The number of carboxylic acid groups (broad SMARTS) is 1. The summed E-state index contributed by atoms with van der Waals surface area (Å²) in [6, 6.07) is 19.3. The Bertz CT molecular complexity index is 1450. The Morgan fingerprint density at radius 2 is 1.65 bits per heavy atom. The molecule has 0 saturated carbocycles. The molecule has 3 aromatic carbocycles. The zero-order valence-corrected chi connectivity index (χ0v) is 19.9. The first-order chi connectivity index (χ1) is 16.2. The highest BCUT2D eigenvalue weighted by Crippen LogP contribution is 2.32. The minimum Gasteiger partial charge on any atom is -0.478 e. The van der Waals surface area contributed by atoms with Crippen LogP contribution in [0.4, 0.5) is 11.4 Å². The van der Waals surface area contributed by atoms with Crippen LogP contribution >= 0.6 is 15.9 Å². The van der Waals surface area contributed by atoms with E-state index in [9.17, 15) is 19.5 Å². The van der Waals surface area contributed by atoms with Crippen LogP contribution in [0.5, 0.6) is 0 Å². The maximum atomic E-state index is 13.6. The molecule has 0 atom stereocenters. The number of nitrogens with zero attached hydrogens (tertiary/aromatic N) is 1. The smallest absolute Gasteiger partial charge is 0.335 e. The Hall–Kier alpha value is -4.04. The van der Waals surface area contributed by atoms with Gasteiger partial charge in [0.15, 0.2) is 0 Å². The number of benzene rings is 3. The molecule has 0 unspecified atom stereocenters. The monoisotopic (exact) mass is 517 g/mol. The summed E-state index contributed by atoms with van der Waals surface area (Å²) in [4.78, 5) is 41.5. The van der Waals surface area contributed by atoms with Crippen LogP contribution in [-0.2, 0) is 4.79 Å². The summed E-state index contributed by atoms with van der Waals surface area (Å²) in [5.74, 6) is -1.94. The minimum atomic E-state index is -1.14. The molecule has 4 rings (SSSR count). The summed E-state index contributed by atoms with van der Waals surface area (Å²) in [5, 5.41) is 15.4. The quantitative estimate of drug-likeness (QED) is 0.306. The maximum absolute atomic E-state index is 13.6. The van der Waals surface area contributed by atoms with Crippen molar-refractivity contribution >= 4 is 56.0 Å². The fraction of sp³-hybridized carbons (Fsp3) is 0.0769. The molecule has 2 amide bonds. The van der Waals surface area contributed by atoms with Crippen LogP contribution in [0.15, 0.2) is 71.2 Å². The van der Waals surface area contributed by atoms with E-state index >= 15 is 0 Å². The number of aromatic carboxylic acids is 1. The third kappa shape index (κ3) is 4.67. The Balaban J connectivity index is 1.86. The number of rotatable bonds is 5. The van der Waals surface area contributed by atoms with Crippen LogP contribution in [0, 0.1) is 6.92 Å². The van der Waals surface area contributed by atoms with E-state index in [4.69, 9.17) is 4.98 Å². The van der Waals surface area contributed by atoms with Crippen LogP contribution in [0.25, 0.3) is 22.2 Å². The molecule has 8 heteroatoms. The van der Waals surface area contributed by atoms with Gasteiger partial charge in [-0.05, 0) is 48.9 Å². The number of hydrogen-bond donors (Lipinski definition) is 3. The summed E-state index contributed by atoms with van der Waals surface area (Å²) in [6.45, 7) is 3.15. The number of carboxylic acids is 1. The van der Waals surface area contributed by atoms with Crippen LogP contribution in [-0.4, -0.2) is 27.9 Å². The molecule has 0 aliphatic carbocycles. The molecular formula is C26H20BrN3O4. The van der Waals surface area contributed by atoms with E-state index in [1.807, 2.05) is 55.5 Å². The molecular weight excluding hydrogens is 498 g/mol. The van der Waals surface area contributed by atoms with Crippen LogP contribution in [0.3, 0.4) is 0 Å². The molecule has 0 saturated heterocycles. The van der Waals surface area contributed by atoms with Crippen molar-refractivity contribution in [2.24, 2.45) is 0 Å². The molecule has 0 spiro atoms. The standard InChI is InChI=1S/C26H20BrN3O4/c1-14-23(25(32)30-21-10-8-17(26(33)34)12-22(21)28-15(2)31)19-13-18(27)9-11-20(19)29-24(14)16-6-4-3-5-7-16/h3-13H,1-2H3,(H,28,31)(H,30,32)(H,33,34). The van der Waals surface area contributed by atoms with E-state index in [1.54, 1.807) is 0 Å². The third-order valence-electron chi connectivity index (χ3n) is 5.29. The van der Waals surface area contributed by atoms with Crippen molar-refractivity contribution in [2.75, 3.05) is 10.6 Å². The van der Waals surface area contributed by atoms with Crippen molar-refractivity contribution in [1.82, 2.24) is 4.98 Å². The minimum absolute atomic E-state index is 0.0115. The Labute approximate surface area is 204 Å². The molecule has 7 nitrogen and oxygen atoms in total. The van der Waals surface area contributed by atoms with Crippen LogP contribution in [0.1, 0.15) is 33.2 Å². The van der Waals surface area contributed by atoms with Gasteiger partial charge in [-0.25, -0.2) is 9.78 Å². The first kappa shape index (κ1) is 23.1. The lowest BCUT2D eigenvalue weighted by Gasteiger charge is -2.17. The zero-order valence-electron chi connectivity index (χ0n) is 18.3. The van der Waals surface area contributed by atoms with Crippen molar-refractivity contribution in [3.05, 3.63) is 87.9 Å². The van der Waals surface area contributed by atoms with Crippen molar-refractivity contribution < 1.29 is 19.5 Å². The molecule has 0 aliphatic rings. The predicted molar refractivity (Wildman–Crippen MR) is 135 cm³/mol. The summed E-state index contributed by atoms with van der Waals surface area (Å²) in [7, 11) is 0. The van der Waals surface area contributed by atoms with E-state index < -0.39 is 11.9 Å². The molecule has 4 aromatic rings. The Morgan fingerprint density at radius 1 is 0.912 bits per heavy atom. The fourth-order valence-electron chi connectivity index (χ4n) is 3.76. The fourth-order valence-corrected chi connectivity index (χ4v) is 4.13. The first-order valence-electron chi connectivity index (χ1n) is 10.4. The van der Waals surface area contributed by atoms with Crippen molar-refractivity contribution in [1.29, 1.82) is 0 Å². The van der Waals surface area contributed by atoms with Gasteiger partial charge in [-0.3, -0.25) is 9.59 Å². The van der Waals surface area contributed by atoms with E-state index in [-0.39, 0.29) is 22.8 Å². The average Bonchev–Trinajstić information content (AvgIpc) is 2.79. The SMILES string of the molecule is CC(=O)Nc1cc(C(=O)O)ccc1NC(=O)c1c(C)c(-c2ccccc2)nc2ccc(Br)cc12. The van der Waals surface area contributed by atoms with Crippen molar-refractivity contribution in [3.8, 4) is 11.3 Å². The highest BCUT2D eigenvalue weighted by Gasteiger charge is 2.21. The zero-order chi connectivity index (χ0) is 24.4. The largest absolute Gasteiger partial charge is 0.478 e. The number of pyridine rings is 1. The molecule has 3 N–H and O–H groups in total. The maximum Gasteiger partial charge on any atom is 0.335 e. The van der Waals surface area contributed by atoms with Gasteiger partial charge in [0, 0.05) is 22.3 Å². The Morgan fingerprint density at radius 3 is 2.32 bits per heavy atom. The highest BCUT2D eigenvalue weighted by molar-refractivity contribution is 9.10. The van der Waals surface area contributed by atoms with Gasteiger partial charge >= 0.3 is 5.97 Å². The lowest BCUT2D eigenvalue weighted by Crippen LogP contribution is -2.18. The number of nitrogens with one attached hydrogen (secondary N) is 2. The number of amides is 2. The number of halogens is 1. The highest BCUT2D eigenvalue weighted by atomic mass is 79.9. The first-order valence-corrected chi connectivity index (χ1v) is 11.2. The van der Waals surface area contributed by atoms with Gasteiger partial charge in [0.1, 0.15) is 0 Å². The lowest BCUT2D eigenvalue weighted by molar-refractivity contribution is -0.114. The van der Waals surface area contributed by atoms with E-state index in [2.05, 4.69) is 26.6 Å². The second-order valence-corrected chi connectivity index (χ2v) is 8.60. The topological polar surface area (TPSA) is 108 Å². The second-order valence-electron chi connectivity index (χ2n) is 7.69. The summed E-state index contributed by atoms with van der Waals surface area (Å²) < 4.78 is 0.799. The normalized spacial score (nSPS) is 10.7. The van der Waals surface area contributed by atoms with Crippen LogP contribution in [0.2, 0.25) is 0 Å². The van der Waals surface area contributed by atoms with Gasteiger partial charge in [-0.15, -0.1) is 0 Å². The number of aromatic nitrogens is 1. The van der Waals surface area contributed by atoms with Gasteiger partial charge < -0.3 is 15.7 Å². The molecule has 0 aliphatic heterocycles. The van der Waals surface area contributed by atoms with E-state index in [0.717, 1.165) is 10.0 Å². The number of carbonyl (C=O) groups excluding carboxylic acids is 2. The van der Waals surface area contributed by atoms with Crippen molar-refractivity contribution in [3.63, 3.8) is 0 Å². The summed E-state index contributed by atoms with van der Waals surface area (Å²) in [6.07, 6.45) is 0. The average molecular weight is 518 g/mol. The number of anilines is 2. The van der Waals surface area contributed by atoms with E-state index in [0.29, 0.717) is 27.7 Å². The predicted octanol–water partition coefficient (Wildman–Crippen LogP) is 5.88. The summed E-state index contributed by atoms with van der Waals surface area (Å²) >= 11 is 3.47. The molecule has 0 bridgehead atoms. The number of fused-ring (bicyclic) bond motifs is 1. The van der Waals surface area contributed by atoms with E-state index in [1.165, 1.54) is 25.1 Å². The molecule has 1 aromatic heterocycles. The second kappa shape index (κ2) is 9.44. The van der Waals surface area contributed by atoms with Gasteiger partial charge in [-0.1, -0.05) is 46.3 Å². The molecule has 0 fully saturated rings. The van der Waals surface area contributed by atoms with Gasteiger partial charge in [-0.2, -0.15) is 0 Å². The van der Waals surface area contributed by atoms with Gasteiger partial charge in [0.25, 0.3) is 5.91 Å². The van der Waals surface area contributed by atoms with Crippen LogP contribution < -0.4 is 10.6 Å². The lowest BCUT2D eigenvalue weighted by atomic mass is 9.97. The molecule has 170 valence electrons. The van der Waals surface area contributed by atoms with Gasteiger partial charge in [0.05, 0.1) is 33.7 Å². The third-order valence-corrected chi connectivity index (χ3v) is 5.78.